The molecule has 0 aliphatic rings. The first-order valence-electron chi connectivity index (χ1n) is 7.18. The predicted octanol–water partition coefficient (Wildman–Crippen LogP) is 1.60. The van der Waals surface area contributed by atoms with E-state index in [9.17, 15) is 9.59 Å². The highest BCUT2D eigenvalue weighted by Crippen LogP contribution is 2.12. The molecule has 3 rings (SSSR count). The summed E-state index contributed by atoms with van der Waals surface area (Å²) >= 11 is 0. The smallest absolute Gasteiger partial charge is 0.261 e. The molecule has 2 heterocycles. The van der Waals surface area contributed by atoms with Gasteiger partial charge in [-0.05, 0) is 19.1 Å². The van der Waals surface area contributed by atoms with Crippen molar-refractivity contribution in [2.75, 3.05) is 7.05 Å². The van der Waals surface area contributed by atoms with Crippen LogP contribution in [0.25, 0.3) is 10.9 Å². The lowest BCUT2D eigenvalue weighted by Gasteiger charge is -2.21. The maximum absolute atomic E-state index is 12.5. The van der Waals surface area contributed by atoms with Gasteiger partial charge in [0.15, 0.2) is 0 Å². The number of hydrogen-bond acceptors (Lipinski definition) is 5. The topological polar surface area (TPSA) is 81.2 Å². The molecule has 0 saturated carbocycles. The molecule has 0 radical (unpaired) electrons. The Morgan fingerprint density at radius 2 is 2.13 bits per heavy atom. The Morgan fingerprint density at radius 1 is 1.35 bits per heavy atom. The summed E-state index contributed by atoms with van der Waals surface area (Å²) in [6.07, 6.45) is 2.87. The molecular weight excluding hydrogens is 296 g/mol. The summed E-state index contributed by atoms with van der Waals surface area (Å²) < 4.78 is 6.11. The fraction of sp³-hybridized carbons (Fsp3) is 0.250. The Bertz CT molecular complexity index is 886. The number of carbonyl (C=O) groups is 1. The average Bonchev–Trinajstić information content (AvgIpc) is 3.07. The van der Waals surface area contributed by atoms with Gasteiger partial charge in [0.25, 0.3) is 5.56 Å². The molecule has 3 aromatic rings. The quantitative estimate of drug-likeness (QED) is 0.731. The van der Waals surface area contributed by atoms with E-state index in [1.165, 1.54) is 22.1 Å². The highest BCUT2D eigenvalue weighted by molar-refractivity contribution is 5.81. The number of amides is 1. The summed E-state index contributed by atoms with van der Waals surface area (Å²) in [6.45, 7) is 1.99. The summed E-state index contributed by atoms with van der Waals surface area (Å²) in [4.78, 5) is 30.8. The molecule has 0 aliphatic carbocycles. The zero-order valence-corrected chi connectivity index (χ0v) is 12.8. The van der Waals surface area contributed by atoms with Crippen molar-refractivity contribution in [3.63, 3.8) is 0 Å². The van der Waals surface area contributed by atoms with Crippen LogP contribution < -0.4 is 5.56 Å². The van der Waals surface area contributed by atoms with Crippen molar-refractivity contribution in [3.05, 3.63) is 59.0 Å². The van der Waals surface area contributed by atoms with E-state index in [1.807, 2.05) is 6.07 Å². The monoisotopic (exact) mass is 312 g/mol. The first-order valence-corrected chi connectivity index (χ1v) is 7.18. The number of nitrogens with zero attached hydrogens (tertiary/aromatic N) is 4. The van der Waals surface area contributed by atoms with Gasteiger partial charge in [0.2, 0.25) is 5.91 Å². The van der Waals surface area contributed by atoms with E-state index in [0.717, 1.165) is 0 Å². The van der Waals surface area contributed by atoms with Gasteiger partial charge in [-0.15, -0.1) is 0 Å². The number of likely N-dealkylation sites (N-methyl/N-ethyl adjacent to an activating group) is 1. The number of aromatic nitrogens is 3. The van der Waals surface area contributed by atoms with Crippen molar-refractivity contribution in [1.29, 1.82) is 0 Å². The van der Waals surface area contributed by atoms with Crippen LogP contribution in [0, 0.1) is 0 Å². The van der Waals surface area contributed by atoms with Gasteiger partial charge >= 0.3 is 0 Å². The third-order valence-electron chi connectivity index (χ3n) is 3.73. The first-order chi connectivity index (χ1) is 11.1. The molecule has 118 valence electrons. The van der Waals surface area contributed by atoms with E-state index >= 15 is 0 Å². The van der Waals surface area contributed by atoms with E-state index in [4.69, 9.17) is 4.52 Å². The van der Waals surface area contributed by atoms with E-state index in [2.05, 4.69) is 10.1 Å². The van der Waals surface area contributed by atoms with Crippen LogP contribution in [0.3, 0.4) is 0 Å². The van der Waals surface area contributed by atoms with Gasteiger partial charge in [-0.3, -0.25) is 14.2 Å². The Kier molecular flexibility index (Phi) is 3.92. The fourth-order valence-electron chi connectivity index (χ4n) is 2.44. The van der Waals surface area contributed by atoms with Gasteiger partial charge in [0.05, 0.1) is 23.8 Å². The van der Waals surface area contributed by atoms with Crippen molar-refractivity contribution in [2.45, 2.75) is 19.5 Å². The largest absolute Gasteiger partial charge is 0.364 e. The van der Waals surface area contributed by atoms with Gasteiger partial charge in [-0.1, -0.05) is 17.3 Å². The van der Waals surface area contributed by atoms with Crippen molar-refractivity contribution < 1.29 is 9.32 Å². The molecule has 0 fully saturated rings. The molecule has 1 amide bonds. The molecule has 23 heavy (non-hydrogen) atoms. The lowest BCUT2D eigenvalue weighted by molar-refractivity contribution is -0.133. The van der Waals surface area contributed by atoms with Gasteiger partial charge in [0.1, 0.15) is 18.0 Å². The SMILES string of the molecule is C[C@H](C(=O)N(C)Cc1ccon1)n1cnc2ccccc2c1=O. The maximum atomic E-state index is 12.5. The molecule has 2 aromatic heterocycles. The van der Waals surface area contributed by atoms with Crippen molar-refractivity contribution in [3.8, 4) is 0 Å². The molecule has 0 aliphatic heterocycles. The van der Waals surface area contributed by atoms with E-state index < -0.39 is 6.04 Å². The van der Waals surface area contributed by atoms with Crippen LogP contribution in [0.5, 0.6) is 0 Å². The minimum atomic E-state index is -0.656. The lowest BCUT2D eigenvalue weighted by Crippen LogP contribution is -2.37. The normalized spacial score (nSPS) is 12.3. The van der Waals surface area contributed by atoms with Crippen LogP contribution in [-0.2, 0) is 11.3 Å². The van der Waals surface area contributed by atoms with Crippen LogP contribution >= 0.6 is 0 Å². The van der Waals surface area contributed by atoms with Crippen LogP contribution in [0.1, 0.15) is 18.7 Å². The highest BCUT2D eigenvalue weighted by atomic mass is 16.5. The summed E-state index contributed by atoms with van der Waals surface area (Å²) in [5, 5.41) is 4.27. The zero-order chi connectivity index (χ0) is 16.4. The lowest BCUT2D eigenvalue weighted by atomic mass is 10.2. The predicted molar refractivity (Wildman–Crippen MR) is 83.7 cm³/mol. The number of fused-ring (bicyclic) bond motifs is 1. The van der Waals surface area contributed by atoms with E-state index in [0.29, 0.717) is 23.1 Å². The Morgan fingerprint density at radius 3 is 2.87 bits per heavy atom. The van der Waals surface area contributed by atoms with Gasteiger partial charge in [0, 0.05) is 13.1 Å². The van der Waals surface area contributed by atoms with Crippen molar-refractivity contribution >= 4 is 16.8 Å². The summed E-state index contributed by atoms with van der Waals surface area (Å²) in [5.41, 5.74) is 1.03. The molecule has 1 aromatic carbocycles. The molecule has 0 bridgehead atoms. The first kappa shape index (κ1) is 15.0. The number of benzene rings is 1. The van der Waals surface area contributed by atoms with E-state index in [1.54, 1.807) is 38.2 Å². The zero-order valence-electron chi connectivity index (χ0n) is 12.8. The van der Waals surface area contributed by atoms with Crippen LogP contribution in [0.4, 0.5) is 0 Å². The minimum absolute atomic E-state index is 0.202. The Hall–Kier alpha value is -2.96. The second kappa shape index (κ2) is 6.04. The van der Waals surface area contributed by atoms with Gasteiger partial charge in [-0.2, -0.15) is 0 Å². The molecule has 7 heteroatoms. The molecule has 0 unspecified atom stereocenters. The van der Waals surface area contributed by atoms with Crippen molar-refractivity contribution in [2.24, 2.45) is 0 Å². The van der Waals surface area contributed by atoms with Crippen molar-refractivity contribution in [1.82, 2.24) is 19.6 Å². The Balaban J connectivity index is 1.87. The molecule has 1 atom stereocenters. The number of carbonyl (C=O) groups excluding carboxylic acids is 1. The molecular formula is C16H16N4O3. The second-order valence-electron chi connectivity index (χ2n) is 5.34. The van der Waals surface area contributed by atoms with Gasteiger partial charge in [-0.25, -0.2) is 4.98 Å². The summed E-state index contributed by atoms with van der Waals surface area (Å²) in [6, 6.07) is 8.11. The number of hydrogen-bond donors (Lipinski definition) is 0. The molecule has 0 N–H and O–H groups in total. The average molecular weight is 312 g/mol. The maximum Gasteiger partial charge on any atom is 0.261 e. The fourth-order valence-corrected chi connectivity index (χ4v) is 2.44. The highest BCUT2D eigenvalue weighted by Gasteiger charge is 2.21. The van der Waals surface area contributed by atoms with Crippen LogP contribution in [0.15, 0.2) is 52.2 Å². The van der Waals surface area contributed by atoms with Crippen LogP contribution in [0.2, 0.25) is 0 Å². The third-order valence-corrected chi connectivity index (χ3v) is 3.73. The van der Waals surface area contributed by atoms with Crippen LogP contribution in [-0.4, -0.2) is 32.6 Å². The number of para-hydroxylation sites is 1. The minimum Gasteiger partial charge on any atom is -0.364 e. The standard InChI is InChI=1S/C16H16N4O3/c1-11(15(21)19(2)9-12-7-8-23-18-12)20-10-17-14-6-4-3-5-13(14)16(20)22/h3-8,10-11H,9H2,1-2H3/t11-/m1/s1. The van der Waals surface area contributed by atoms with E-state index in [-0.39, 0.29) is 11.5 Å². The Labute approximate surface area is 132 Å². The summed E-state index contributed by atoms with van der Waals surface area (Å²) in [5.74, 6) is -0.202. The van der Waals surface area contributed by atoms with Gasteiger partial charge < -0.3 is 9.42 Å². The number of rotatable bonds is 4. The third kappa shape index (κ3) is 2.85. The molecule has 0 spiro atoms. The second-order valence-corrected chi connectivity index (χ2v) is 5.34. The summed E-state index contributed by atoms with van der Waals surface area (Å²) in [7, 11) is 1.66. The molecule has 7 nitrogen and oxygen atoms in total. The molecule has 0 saturated heterocycles.